The van der Waals surface area contributed by atoms with Crippen molar-refractivity contribution in [1.82, 2.24) is 15.1 Å². The number of piperazine rings is 1. The Balaban J connectivity index is 2.55. The van der Waals surface area contributed by atoms with Crippen molar-refractivity contribution in [3.8, 4) is 0 Å². The van der Waals surface area contributed by atoms with E-state index in [9.17, 15) is 19.5 Å². The first kappa shape index (κ1) is 18.0. The van der Waals surface area contributed by atoms with Gasteiger partial charge in [0.2, 0.25) is 5.91 Å². The van der Waals surface area contributed by atoms with Crippen molar-refractivity contribution in [2.45, 2.75) is 32.4 Å². The van der Waals surface area contributed by atoms with Crippen LogP contribution in [0.3, 0.4) is 0 Å². The second-order valence-corrected chi connectivity index (χ2v) is 5.98. The van der Waals surface area contributed by atoms with E-state index < -0.39 is 36.3 Å². The monoisotopic (exact) mass is 317 g/mol. The highest BCUT2D eigenvalue weighted by Crippen LogP contribution is 2.08. The molecule has 1 rings (SSSR count). The molecule has 0 aromatic heterocycles. The smallest absolute Gasteiger partial charge is 0.408 e. The number of aliphatic hydroxyl groups excluding tert-OH is 1. The van der Waals surface area contributed by atoms with Gasteiger partial charge >= 0.3 is 12.2 Å². The maximum atomic E-state index is 12.2. The summed E-state index contributed by atoms with van der Waals surface area (Å²) >= 11 is 0. The van der Waals surface area contributed by atoms with E-state index in [1.807, 2.05) is 0 Å². The minimum Gasteiger partial charge on any atom is -0.465 e. The van der Waals surface area contributed by atoms with Gasteiger partial charge in [0, 0.05) is 26.2 Å². The standard InChI is InChI=1S/C13H23N3O6/c1-13(2,3)22-11(19)14-9(8-17)10(18)15-4-6-16(7-5-15)12(20)21/h9,17H,4-8H2,1-3H3,(H,14,19)(H,20,21)/t9-/m0/s1. The van der Waals surface area contributed by atoms with Crippen LogP contribution in [0, 0.1) is 0 Å². The first-order chi connectivity index (χ1) is 10.1. The highest BCUT2D eigenvalue weighted by molar-refractivity contribution is 5.86. The van der Waals surface area contributed by atoms with Crippen LogP contribution in [0.15, 0.2) is 0 Å². The Kier molecular flexibility index (Phi) is 5.98. The molecule has 0 aromatic carbocycles. The quantitative estimate of drug-likeness (QED) is 0.657. The fourth-order valence-corrected chi connectivity index (χ4v) is 1.97. The fourth-order valence-electron chi connectivity index (χ4n) is 1.97. The summed E-state index contributed by atoms with van der Waals surface area (Å²) in [4.78, 5) is 37.3. The summed E-state index contributed by atoms with van der Waals surface area (Å²) in [7, 11) is 0. The average molecular weight is 317 g/mol. The van der Waals surface area contributed by atoms with E-state index in [-0.39, 0.29) is 26.2 Å². The number of amides is 3. The van der Waals surface area contributed by atoms with Crippen LogP contribution in [0.5, 0.6) is 0 Å². The lowest BCUT2D eigenvalue weighted by Crippen LogP contribution is -2.57. The third-order valence-electron chi connectivity index (χ3n) is 3.03. The van der Waals surface area contributed by atoms with Gasteiger partial charge in [0.1, 0.15) is 11.6 Å². The fraction of sp³-hybridized carbons (Fsp3) is 0.769. The van der Waals surface area contributed by atoms with E-state index >= 15 is 0 Å². The van der Waals surface area contributed by atoms with Gasteiger partial charge in [-0.3, -0.25) is 4.79 Å². The van der Waals surface area contributed by atoms with Crippen molar-refractivity contribution in [2.75, 3.05) is 32.8 Å². The Morgan fingerprint density at radius 1 is 1.14 bits per heavy atom. The Hall–Kier alpha value is -2.03. The zero-order valence-corrected chi connectivity index (χ0v) is 13.0. The van der Waals surface area contributed by atoms with E-state index in [0.717, 1.165) is 0 Å². The SMILES string of the molecule is CC(C)(C)OC(=O)N[C@@H](CO)C(=O)N1CCN(C(=O)O)CC1. The number of rotatable bonds is 3. The predicted octanol–water partition coefficient (Wildman–Crippen LogP) is -0.306. The van der Waals surface area contributed by atoms with Crippen molar-refractivity contribution >= 4 is 18.1 Å². The molecule has 0 radical (unpaired) electrons. The molecule has 1 aliphatic rings. The van der Waals surface area contributed by atoms with Crippen molar-refractivity contribution in [3.63, 3.8) is 0 Å². The first-order valence-electron chi connectivity index (χ1n) is 7.01. The van der Waals surface area contributed by atoms with Gasteiger partial charge in [-0.1, -0.05) is 0 Å². The summed E-state index contributed by atoms with van der Waals surface area (Å²) in [6.45, 7) is 5.35. The van der Waals surface area contributed by atoms with Gasteiger partial charge in [-0.05, 0) is 20.8 Å². The molecule has 0 spiro atoms. The zero-order valence-electron chi connectivity index (χ0n) is 13.0. The van der Waals surface area contributed by atoms with Gasteiger partial charge in [0.15, 0.2) is 0 Å². The maximum absolute atomic E-state index is 12.2. The molecule has 1 atom stereocenters. The van der Waals surface area contributed by atoms with Gasteiger partial charge < -0.3 is 30.1 Å². The minimum atomic E-state index is -1.11. The Labute approximate surface area is 128 Å². The number of nitrogens with one attached hydrogen (secondary N) is 1. The largest absolute Gasteiger partial charge is 0.465 e. The molecular weight excluding hydrogens is 294 g/mol. The number of carbonyl (C=O) groups excluding carboxylic acids is 2. The van der Waals surface area contributed by atoms with Crippen LogP contribution in [-0.2, 0) is 9.53 Å². The molecule has 0 aliphatic carbocycles. The summed E-state index contributed by atoms with van der Waals surface area (Å²) in [6.07, 6.45) is -1.82. The Bertz CT molecular complexity index is 426. The molecule has 0 saturated carbocycles. The number of nitrogens with zero attached hydrogens (tertiary/aromatic N) is 2. The molecule has 1 saturated heterocycles. The van der Waals surface area contributed by atoms with Crippen molar-refractivity contribution in [1.29, 1.82) is 0 Å². The van der Waals surface area contributed by atoms with Crippen LogP contribution in [0.2, 0.25) is 0 Å². The number of hydrogen-bond acceptors (Lipinski definition) is 5. The van der Waals surface area contributed by atoms with Crippen LogP contribution in [0.1, 0.15) is 20.8 Å². The number of aliphatic hydroxyl groups is 1. The van der Waals surface area contributed by atoms with Crippen LogP contribution in [0.25, 0.3) is 0 Å². The Morgan fingerprint density at radius 3 is 2.05 bits per heavy atom. The molecule has 126 valence electrons. The number of carbonyl (C=O) groups is 3. The molecule has 3 N–H and O–H groups in total. The number of ether oxygens (including phenoxy) is 1. The summed E-state index contributed by atoms with van der Waals surface area (Å²) in [5.74, 6) is -0.460. The van der Waals surface area contributed by atoms with Gasteiger partial charge in [-0.25, -0.2) is 9.59 Å². The Morgan fingerprint density at radius 2 is 1.64 bits per heavy atom. The molecule has 1 aliphatic heterocycles. The molecule has 9 nitrogen and oxygen atoms in total. The lowest BCUT2D eigenvalue weighted by molar-refractivity contribution is -0.136. The van der Waals surface area contributed by atoms with Crippen LogP contribution in [0.4, 0.5) is 9.59 Å². The molecular formula is C13H23N3O6. The van der Waals surface area contributed by atoms with Crippen molar-refractivity contribution in [2.24, 2.45) is 0 Å². The molecule has 9 heteroatoms. The summed E-state index contributed by atoms with van der Waals surface area (Å²) in [5.41, 5.74) is -0.708. The van der Waals surface area contributed by atoms with Gasteiger partial charge in [0.25, 0.3) is 0 Å². The topological polar surface area (TPSA) is 119 Å². The van der Waals surface area contributed by atoms with E-state index in [4.69, 9.17) is 9.84 Å². The molecule has 22 heavy (non-hydrogen) atoms. The van der Waals surface area contributed by atoms with Gasteiger partial charge in [-0.15, -0.1) is 0 Å². The maximum Gasteiger partial charge on any atom is 0.408 e. The second kappa shape index (κ2) is 7.30. The number of carboxylic acid groups (broad SMARTS) is 1. The highest BCUT2D eigenvalue weighted by Gasteiger charge is 2.30. The molecule has 0 bridgehead atoms. The average Bonchev–Trinajstić information content (AvgIpc) is 2.42. The number of hydrogen-bond donors (Lipinski definition) is 3. The summed E-state index contributed by atoms with van der Waals surface area (Å²) < 4.78 is 5.04. The third-order valence-corrected chi connectivity index (χ3v) is 3.03. The van der Waals surface area contributed by atoms with Crippen molar-refractivity contribution < 1.29 is 29.3 Å². The molecule has 1 heterocycles. The molecule has 3 amide bonds. The lowest BCUT2D eigenvalue weighted by atomic mass is 10.2. The van der Waals surface area contributed by atoms with Crippen molar-refractivity contribution in [3.05, 3.63) is 0 Å². The van der Waals surface area contributed by atoms with E-state index in [2.05, 4.69) is 5.32 Å². The summed E-state index contributed by atoms with van der Waals surface area (Å²) in [6, 6.07) is -1.11. The van der Waals surface area contributed by atoms with E-state index in [1.165, 1.54) is 9.80 Å². The molecule has 0 aromatic rings. The van der Waals surface area contributed by atoms with E-state index in [0.29, 0.717) is 0 Å². The lowest BCUT2D eigenvalue weighted by Gasteiger charge is -2.35. The third kappa shape index (κ3) is 5.40. The molecule has 0 unspecified atom stereocenters. The summed E-state index contributed by atoms with van der Waals surface area (Å²) in [5, 5.41) is 20.5. The first-order valence-corrected chi connectivity index (χ1v) is 7.01. The number of alkyl carbamates (subject to hydrolysis) is 1. The van der Waals surface area contributed by atoms with Gasteiger partial charge in [0.05, 0.1) is 6.61 Å². The highest BCUT2D eigenvalue weighted by atomic mass is 16.6. The molecule has 1 fully saturated rings. The van der Waals surface area contributed by atoms with Crippen LogP contribution < -0.4 is 5.32 Å². The van der Waals surface area contributed by atoms with Crippen LogP contribution >= 0.6 is 0 Å². The normalized spacial score (nSPS) is 16.9. The predicted molar refractivity (Wildman–Crippen MR) is 76.4 cm³/mol. The second-order valence-electron chi connectivity index (χ2n) is 5.98. The van der Waals surface area contributed by atoms with Crippen LogP contribution in [-0.4, -0.2) is 82.5 Å². The van der Waals surface area contributed by atoms with E-state index in [1.54, 1.807) is 20.8 Å². The van der Waals surface area contributed by atoms with Gasteiger partial charge in [-0.2, -0.15) is 0 Å². The minimum absolute atomic E-state index is 0.200. The zero-order chi connectivity index (χ0) is 16.9.